The fourth-order valence-electron chi connectivity index (χ4n) is 2.65. The molecule has 0 radical (unpaired) electrons. The summed E-state index contributed by atoms with van der Waals surface area (Å²) in [6, 6.07) is 5.89. The number of nitrogens with zero attached hydrogens (tertiary/aromatic N) is 3. The van der Waals surface area contributed by atoms with Gasteiger partial charge >= 0.3 is 6.09 Å². The second kappa shape index (κ2) is 7.14. The average Bonchev–Trinajstić information content (AvgIpc) is 2.90. The predicted octanol–water partition coefficient (Wildman–Crippen LogP) is 3.15. The van der Waals surface area contributed by atoms with Crippen LogP contribution in [0.5, 0.6) is 0 Å². The molecule has 2 N–H and O–H groups in total. The molecule has 2 heterocycles. The molecule has 0 aliphatic carbocycles. The van der Waals surface area contributed by atoms with E-state index >= 15 is 0 Å². The van der Waals surface area contributed by atoms with Crippen molar-refractivity contribution in [3.8, 4) is 0 Å². The number of ether oxygens (including phenoxy) is 1. The summed E-state index contributed by atoms with van der Waals surface area (Å²) in [6.07, 6.45) is 0.696. The van der Waals surface area contributed by atoms with Crippen LogP contribution in [-0.4, -0.2) is 38.9 Å². The van der Waals surface area contributed by atoms with Crippen molar-refractivity contribution in [1.82, 2.24) is 19.9 Å². The van der Waals surface area contributed by atoms with Gasteiger partial charge in [-0.05, 0) is 25.1 Å². The SMILES string of the molecule is CCOCc1nc2cnc3cc(Br)ccc3c2n1CCNC(=O)O. The first kappa shape index (κ1) is 16.7. The van der Waals surface area contributed by atoms with E-state index in [9.17, 15) is 4.79 Å². The first-order chi connectivity index (χ1) is 11.6. The zero-order valence-corrected chi connectivity index (χ0v) is 14.7. The molecule has 3 aromatic rings. The lowest BCUT2D eigenvalue weighted by Crippen LogP contribution is -2.25. The van der Waals surface area contributed by atoms with Crippen LogP contribution in [0.25, 0.3) is 21.9 Å². The fourth-order valence-corrected chi connectivity index (χ4v) is 3.00. The highest BCUT2D eigenvalue weighted by Crippen LogP contribution is 2.27. The quantitative estimate of drug-likeness (QED) is 0.672. The number of hydrogen-bond acceptors (Lipinski definition) is 4. The molecule has 0 atom stereocenters. The number of fused-ring (bicyclic) bond motifs is 3. The van der Waals surface area contributed by atoms with Gasteiger partial charge in [-0.1, -0.05) is 15.9 Å². The molecule has 0 aliphatic rings. The van der Waals surface area contributed by atoms with Crippen molar-refractivity contribution < 1.29 is 14.6 Å². The van der Waals surface area contributed by atoms with E-state index in [0.717, 1.165) is 32.2 Å². The minimum absolute atomic E-state index is 0.292. The predicted molar refractivity (Wildman–Crippen MR) is 94.1 cm³/mol. The van der Waals surface area contributed by atoms with Gasteiger partial charge < -0.3 is 19.7 Å². The van der Waals surface area contributed by atoms with E-state index in [4.69, 9.17) is 9.84 Å². The standard InChI is InChI=1S/C16H17BrN4O3/c1-2-24-9-14-20-13-8-19-12-7-10(17)3-4-11(12)15(13)21(14)6-5-18-16(22)23/h3-4,7-8,18H,2,5-6,9H2,1H3,(H,22,23). The fraction of sp³-hybridized carbons (Fsp3) is 0.312. The van der Waals surface area contributed by atoms with Crippen LogP contribution in [-0.2, 0) is 17.9 Å². The Hall–Kier alpha value is -2.19. The van der Waals surface area contributed by atoms with Gasteiger partial charge in [-0.2, -0.15) is 0 Å². The van der Waals surface area contributed by atoms with Gasteiger partial charge in [0.25, 0.3) is 0 Å². The highest BCUT2D eigenvalue weighted by molar-refractivity contribution is 9.10. The van der Waals surface area contributed by atoms with Gasteiger partial charge in [-0.3, -0.25) is 4.98 Å². The normalized spacial score (nSPS) is 11.2. The Labute approximate surface area is 146 Å². The lowest BCUT2D eigenvalue weighted by molar-refractivity contribution is 0.126. The maximum absolute atomic E-state index is 10.7. The topological polar surface area (TPSA) is 89.3 Å². The van der Waals surface area contributed by atoms with Crippen LogP contribution in [0.4, 0.5) is 4.79 Å². The molecule has 3 rings (SSSR count). The minimum atomic E-state index is -1.04. The highest BCUT2D eigenvalue weighted by Gasteiger charge is 2.14. The Morgan fingerprint density at radius 1 is 1.42 bits per heavy atom. The van der Waals surface area contributed by atoms with Crippen LogP contribution in [0, 0.1) is 0 Å². The number of hydrogen-bond donors (Lipinski definition) is 2. The third-order valence-electron chi connectivity index (χ3n) is 3.66. The van der Waals surface area contributed by atoms with E-state index in [1.54, 1.807) is 6.20 Å². The molecular weight excluding hydrogens is 376 g/mol. The first-order valence-electron chi connectivity index (χ1n) is 7.58. The van der Waals surface area contributed by atoms with E-state index in [2.05, 4.69) is 31.2 Å². The molecule has 0 spiro atoms. The van der Waals surface area contributed by atoms with Gasteiger partial charge in [-0.15, -0.1) is 0 Å². The van der Waals surface area contributed by atoms with Crippen molar-refractivity contribution in [1.29, 1.82) is 0 Å². The molecule has 24 heavy (non-hydrogen) atoms. The molecule has 0 bridgehead atoms. The van der Waals surface area contributed by atoms with Crippen molar-refractivity contribution in [2.45, 2.75) is 20.1 Å². The van der Waals surface area contributed by atoms with Crippen LogP contribution < -0.4 is 5.32 Å². The largest absolute Gasteiger partial charge is 0.465 e. The van der Waals surface area contributed by atoms with Gasteiger partial charge in [0.1, 0.15) is 17.9 Å². The zero-order valence-electron chi connectivity index (χ0n) is 13.1. The number of rotatable bonds is 6. The first-order valence-corrected chi connectivity index (χ1v) is 8.37. The number of carbonyl (C=O) groups is 1. The summed E-state index contributed by atoms with van der Waals surface area (Å²) in [5.41, 5.74) is 2.57. The summed E-state index contributed by atoms with van der Waals surface area (Å²) in [7, 11) is 0. The van der Waals surface area contributed by atoms with Crippen molar-refractivity contribution in [2.24, 2.45) is 0 Å². The molecule has 0 fully saturated rings. The van der Waals surface area contributed by atoms with Gasteiger partial charge in [0.05, 0.1) is 17.2 Å². The Morgan fingerprint density at radius 2 is 2.25 bits per heavy atom. The Bertz CT molecular complexity index is 894. The van der Waals surface area contributed by atoms with Crippen molar-refractivity contribution >= 4 is 44.0 Å². The molecule has 126 valence electrons. The molecule has 0 saturated heterocycles. The van der Waals surface area contributed by atoms with E-state index in [1.165, 1.54) is 0 Å². The summed E-state index contributed by atoms with van der Waals surface area (Å²) in [5.74, 6) is 0.760. The Balaban J connectivity index is 2.11. The minimum Gasteiger partial charge on any atom is -0.465 e. The van der Waals surface area contributed by atoms with Gasteiger partial charge in [0.15, 0.2) is 0 Å². The van der Waals surface area contributed by atoms with Crippen LogP contribution >= 0.6 is 15.9 Å². The summed E-state index contributed by atoms with van der Waals surface area (Å²) in [4.78, 5) is 19.8. The summed E-state index contributed by atoms with van der Waals surface area (Å²) in [5, 5.41) is 12.2. The second-order valence-electron chi connectivity index (χ2n) is 5.20. The van der Waals surface area contributed by atoms with Gasteiger partial charge in [0.2, 0.25) is 0 Å². The number of halogens is 1. The molecule has 0 saturated carbocycles. The van der Waals surface area contributed by atoms with Crippen LogP contribution in [0.1, 0.15) is 12.7 Å². The molecule has 0 unspecified atom stereocenters. The van der Waals surface area contributed by atoms with E-state index < -0.39 is 6.09 Å². The maximum Gasteiger partial charge on any atom is 0.404 e. The molecule has 1 amide bonds. The average molecular weight is 393 g/mol. The Kier molecular flexibility index (Phi) is 4.96. The lowest BCUT2D eigenvalue weighted by Gasteiger charge is -2.10. The van der Waals surface area contributed by atoms with E-state index in [1.807, 2.05) is 29.7 Å². The number of pyridine rings is 1. The maximum atomic E-state index is 10.7. The number of imidazole rings is 1. The van der Waals surface area contributed by atoms with E-state index in [-0.39, 0.29) is 0 Å². The van der Waals surface area contributed by atoms with Crippen molar-refractivity contribution in [2.75, 3.05) is 13.2 Å². The van der Waals surface area contributed by atoms with E-state index in [0.29, 0.717) is 26.3 Å². The third-order valence-corrected chi connectivity index (χ3v) is 4.15. The second-order valence-corrected chi connectivity index (χ2v) is 6.12. The zero-order chi connectivity index (χ0) is 17.1. The summed E-state index contributed by atoms with van der Waals surface area (Å²) < 4.78 is 8.45. The molecule has 8 heteroatoms. The third kappa shape index (κ3) is 3.34. The molecule has 0 aliphatic heterocycles. The van der Waals surface area contributed by atoms with Crippen LogP contribution in [0.3, 0.4) is 0 Å². The van der Waals surface area contributed by atoms with Crippen LogP contribution in [0.2, 0.25) is 0 Å². The summed E-state index contributed by atoms with van der Waals surface area (Å²) >= 11 is 3.45. The highest BCUT2D eigenvalue weighted by atomic mass is 79.9. The van der Waals surface area contributed by atoms with Gasteiger partial charge in [-0.25, -0.2) is 9.78 Å². The summed E-state index contributed by atoms with van der Waals surface area (Å²) in [6.45, 7) is 3.65. The van der Waals surface area contributed by atoms with Gasteiger partial charge in [0, 0.05) is 29.6 Å². The number of amides is 1. The number of carboxylic acid groups (broad SMARTS) is 1. The number of aromatic nitrogens is 3. The molecular formula is C16H17BrN4O3. The molecule has 7 nitrogen and oxygen atoms in total. The Morgan fingerprint density at radius 3 is 3.00 bits per heavy atom. The van der Waals surface area contributed by atoms with Crippen molar-refractivity contribution in [3.63, 3.8) is 0 Å². The monoisotopic (exact) mass is 392 g/mol. The number of nitrogens with one attached hydrogen (secondary N) is 1. The van der Waals surface area contributed by atoms with Crippen LogP contribution in [0.15, 0.2) is 28.9 Å². The molecule has 2 aromatic heterocycles. The lowest BCUT2D eigenvalue weighted by atomic mass is 10.2. The number of benzene rings is 1. The molecule has 1 aromatic carbocycles. The smallest absolute Gasteiger partial charge is 0.404 e. The van der Waals surface area contributed by atoms with Crippen molar-refractivity contribution in [3.05, 3.63) is 34.7 Å².